The van der Waals surface area contributed by atoms with E-state index in [1.165, 1.54) is 11.3 Å². The second-order valence-corrected chi connectivity index (χ2v) is 7.53. The summed E-state index contributed by atoms with van der Waals surface area (Å²) < 4.78 is 8.03. The van der Waals surface area contributed by atoms with E-state index in [1.807, 2.05) is 48.3 Å². The Bertz CT molecular complexity index is 1210. The third kappa shape index (κ3) is 2.50. The van der Waals surface area contributed by atoms with Crippen molar-refractivity contribution in [3.05, 3.63) is 58.7 Å². The second kappa shape index (κ2) is 5.92. The van der Waals surface area contributed by atoms with Gasteiger partial charge in [-0.3, -0.25) is 14.5 Å². The zero-order valence-electron chi connectivity index (χ0n) is 14.6. The standard InChI is InChI=1S/C20H16N4O2S/c1-24-17-12(9-23-24)6-7-14-16(17)20(27-18(14)19(21)25)26-13-8-11-4-2-3-5-15(11)22-10-13/h2-5,8-10H,6-7H2,1H3,(H2,21,25). The molecule has 3 heterocycles. The average Bonchev–Trinajstić information content (AvgIpc) is 3.22. The molecule has 0 radical (unpaired) electrons. The molecule has 0 spiro atoms. The molecule has 1 aliphatic rings. The van der Waals surface area contributed by atoms with Gasteiger partial charge in [0.25, 0.3) is 5.91 Å². The number of benzene rings is 1. The van der Waals surface area contributed by atoms with Crippen LogP contribution in [-0.2, 0) is 19.9 Å². The van der Waals surface area contributed by atoms with Crippen molar-refractivity contribution in [1.82, 2.24) is 14.8 Å². The molecular formula is C20H16N4O2S. The number of nitrogens with two attached hydrogens (primary N) is 1. The fourth-order valence-corrected chi connectivity index (χ4v) is 4.73. The minimum atomic E-state index is -0.423. The number of pyridine rings is 1. The second-order valence-electron chi connectivity index (χ2n) is 6.54. The maximum atomic E-state index is 12.0. The van der Waals surface area contributed by atoms with Gasteiger partial charge in [-0.2, -0.15) is 5.10 Å². The van der Waals surface area contributed by atoms with Crippen LogP contribution in [0.2, 0.25) is 0 Å². The molecule has 3 aromatic heterocycles. The first-order valence-corrected chi connectivity index (χ1v) is 9.43. The average molecular weight is 376 g/mol. The van der Waals surface area contributed by atoms with E-state index in [9.17, 15) is 4.79 Å². The third-order valence-electron chi connectivity index (χ3n) is 4.87. The van der Waals surface area contributed by atoms with Crippen molar-refractivity contribution in [2.45, 2.75) is 12.8 Å². The number of para-hydroxylation sites is 1. The number of nitrogens with zero attached hydrogens (tertiary/aromatic N) is 3. The van der Waals surface area contributed by atoms with Crippen LogP contribution in [0.3, 0.4) is 0 Å². The van der Waals surface area contributed by atoms with Gasteiger partial charge in [0.05, 0.1) is 34.0 Å². The van der Waals surface area contributed by atoms with E-state index in [0.717, 1.165) is 46.1 Å². The number of aryl methyl sites for hydroxylation is 2. The Kier molecular flexibility index (Phi) is 3.51. The van der Waals surface area contributed by atoms with Crippen molar-refractivity contribution in [3.63, 3.8) is 0 Å². The summed E-state index contributed by atoms with van der Waals surface area (Å²) in [4.78, 5) is 17.0. The van der Waals surface area contributed by atoms with Crippen molar-refractivity contribution in [3.8, 4) is 22.1 Å². The van der Waals surface area contributed by atoms with Crippen LogP contribution in [0.1, 0.15) is 20.8 Å². The monoisotopic (exact) mass is 376 g/mol. The van der Waals surface area contributed by atoms with Crippen LogP contribution in [-0.4, -0.2) is 20.7 Å². The Labute approximate surface area is 159 Å². The normalized spacial score (nSPS) is 12.6. The molecule has 1 amide bonds. The Morgan fingerprint density at radius 2 is 2.11 bits per heavy atom. The first-order valence-electron chi connectivity index (χ1n) is 8.61. The Morgan fingerprint density at radius 3 is 2.96 bits per heavy atom. The lowest BCUT2D eigenvalue weighted by Gasteiger charge is -2.16. The van der Waals surface area contributed by atoms with Crippen LogP contribution in [0.5, 0.6) is 10.8 Å². The molecule has 134 valence electrons. The lowest BCUT2D eigenvalue weighted by atomic mass is 9.91. The van der Waals surface area contributed by atoms with Gasteiger partial charge in [-0.05, 0) is 36.1 Å². The summed E-state index contributed by atoms with van der Waals surface area (Å²) in [5, 5.41) is 6.03. The molecule has 0 saturated heterocycles. The topological polar surface area (TPSA) is 83.0 Å². The zero-order valence-corrected chi connectivity index (χ0v) is 15.4. The van der Waals surface area contributed by atoms with Gasteiger partial charge in [0.15, 0.2) is 5.06 Å². The molecule has 0 unspecified atom stereocenters. The smallest absolute Gasteiger partial charge is 0.259 e. The predicted molar refractivity (Wildman–Crippen MR) is 104 cm³/mol. The van der Waals surface area contributed by atoms with E-state index in [0.29, 0.717) is 15.7 Å². The Balaban J connectivity index is 1.66. The maximum absolute atomic E-state index is 12.0. The molecule has 0 fully saturated rings. The Morgan fingerprint density at radius 1 is 1.26 bits per heavy atom. The third-order valence-corrected chi connectivity index (χ3v) is 5.99. The number of hydrogen-bond donors (Lipinski definition) is 1. The number of aromatic nitrogens is 3. The van der Waals surface area contributed by atoms with Crippen molar-refractivity contribution in [2.24, 2.45) is 12.8 Å². The summed E-state index contributed by atoms with van der Waals surface area (Å²) >= 11 is 1.29. The van der Waals surface area contributed by atoms with E-state index in [1.54, 1.807) is 6.20 Å². The summed E-state index contributed by atoms with van der Waals surface area (Å²) in [5.41, 5.74) is 10.6. The highest BCUT2D eigenvalue weighted by molar-refractivity contribution is 7.16. The molecule has 0 aliphatic heterocycles. The lowest BCUT2D eigenvalue weighted by molar-refractivity contribution is 0.100. The van der Waals surface area contributed by atoms with E-state index in [-0.39, 0.29) is 0 Å². The fourth-order valence-electron chi connectivity index (χ4n) is 3.65. The number of ether oxygens (including phenoxy) is 1. The molecule has 27 heavy (non-hydrogen) atoms. The number of thiophene rings is 1. The first kappa shape index (κ1) is 16.0. The van der Waals surface area contributed by atoms with Crippen molar-refractivity contribution < 1.29 is 9.53 Å². The van der Waals surface area contributed by atoms with Crippen LogP contribution in [0.25, 0.3) is 22.2 Å². The molecule has 1 aliphatic carbocycles. The van der Waals surface area contributed by atoms with Gasteiger partial charge in [0.1, 0.15) is 5.75 Å². The maximum Gasteiger partial charge on any atom is 0.259 e. The lowest BCUT2D eigenvalue weighted by Crippen LogP contribution is -2.13. The van der Waals surface area contributed by atoms with Gasteiger partial charge in [-0.1, -0.05) is 29.5 Å². The quantitative estimate of drug-likeness (QED) is 0.591. The molecule has 0 bridgehead atoms. The number of carbonyl (C=O) groups is 1. The minimum absolute atomic E-state index is 0.423. The molecule has 0 atom stereocenters. The summed E-state index contributed by atoms with van der Waals surface area (Å²) in [7, 11) is 1.90. The molecule has 2 N–H and O–H groups in total. The van der Waals surface area contributed by atoms with Crippen LogP contribution >= 0.6 is 11.3 Å². The summed E-state index contributed by atoms with van der Waals surface area (Å²) in [6.07, 6.45) is 5.17. The van der Waals surface area contributed by atoms with Gasteiger partial charge in [-0.15, -0.1) is 0 Å². The summed E-state index contributed by atoms with van der Waals surface area (Å²) in [6.45, 7) is 0. The number of hydrogen-bond acceptors (Lipinski definition) is 5. The SMILES string of the molecule is Cn1ncc2c1-c1c(Oc3cnc4ccccc4c3)sc(C(N)=O)c1CC2. The number of amides is 1. The molecule has 7 heteroatoms. The molecular weight excluding hydrogens is 360 g/mol. The number of carbonyl (C=O) groups excluding carboxylic acids is 1. The number of primary amides is 1. The van der Waals surface area contributed by atoms with Gasteiger partial charge >= 0.3 is 0 Å². The van der Waals surface area contributed by atoms with Crippen LogP contribution in [0.15, 0.2) is 42.7 Å². The van der Waals surface area contributed by atoms with Gasteiger partial charge < -0.3 is 10.5 Å². The van der Waals surface area contributed by atoms with Crippen LogP contribution in [0, 0.1) is 0 Å². The van der Waals surface area contributed by atoms with Crippen molar-refractivity contribution >= 4 is 28.1 Å². The highest BCUT2D eigenvalue weighted by atomic mass is 32.1. The number of fused-ring (bicyclic) bond motifs is 4. The molecule has 1 aromatic carbocycles. The largest absolute Gasteiger partial charge is 0.444 e. The molecule has 4 aromatic rings. The first-order chi connectivity index (χ1) is 13.1. The van der Waals surface area contributed by atoms with E-state index in [2.05, 4.69) is 10.1 Å². The highest BCUT2D eigenvalue weighted by Crippen LogP contribution is 2.48. The summed E-state index contributed by atoms with van der Waals surface area (Å²) in [5.74, 6) is 0.205. The van der Waals surface area contributed by atoms with Gasteiger partial charge in [-0.25, -0.2) is 0 Å². The van der Waals surface area contributed by atoms with Gasteiger partial charge in [0, 0.05) is 12.4 Å². The fraction of sp³-hybridized carbons (Fsp3) is 0.150. The van der Waals surface area contributed by atoms with E-state index in [4.69, 9.17) is 10.5 Å². The number of rotatable bonds is 3. The van der Waals surface area contributed by atoms with Crippen LogP contribution < -0.4 is 10.5 Å². The molecule has 6 nitrogen and oxygen atoms in total. The van der Waals surface area contributed by atoms with Gasteiger partial charge in [0.2, 0.25) is 0 Å². The van der Waals surface area contributed by atoms with Crippen LogP contribution in [0.4, 0.5) is 0 Å². The Hall–Kier alpha value is -3.19. The molecule has 0 saturated carbocycles. The predicted octanol–water partition coefficient (Wildman–Crippen LogP) is 3.69. The van der Waals surface area contributed by atoms with Crippen molar-refractivity contribution in [1.29, 1.82) is 0 Å². The van der Waals surface area contributed by atoms with E-state index >= 15 is 0 Å². The summed E-state index contributed by atoms with van der Waals surface area (Å²) in [6, 6.07) is 9.82. The van der Waals surface area contributed by atoms with Crippen molar-refractivity contribution in [2.75, 3.05) is 0 Å². The zero-order chi connectivity index (χ0) is 18.5. The highest BCUT2D eigenvalue weighted by Gasteiger charge is 2.30. The minimum Gasteiger partial charge on any atom is -0.444 e. The van der Waals surface area contributed by atoms with E-state index < -0.39 is 5.91 Å². The molecule has 5 rings (SSSR count).